The van der Waals surface area contributed by atoms with Crippen molar-refractivity contribution in [1.29, 1.82) is 0 Å². The molecule has 2 heterocycles. The molecule has 0 aliphatic rings. The van der Waals surface area contributed by atoms with E-state index in [0.717, 1.165) is 10.6 Å². The fourth-order valence-corrected chi connectivity index (χ4v) is 2.99. The van der Waals surface area contributed by atoms with Gasteiger partial charge in [-0.1, -0.05) is 41.7 Å². The summed E-state index contributed by atoms with van der Waals surface area (Å²) in [5.41, 5.74) is 1.48. The van der Waals surface area contributed by atoms with Crippen LogP contribution in [0.4, 0.5) is 8.78 Å². The minimum Gasteiger partial charge on any atom is -0.207 e. The number of hydrogen-bond donors (Lipinski definition) is 0. The molecule has 0 bridgehead atoms. The van der Waals surface area contributed by atoms with Gasteiger partial charge in [0.2, 0.25) is 4.96 Å². The van der Waals surface area contributed by atoms with E-state index in [-0.39, 0.29) is 11.6 Å². The van der Waals surface area contributed by atoms with Crippen molar-refractivity contribution < 1.29 is 8.78 Å². The lowest BCUT2D eigenvalue weighted by Crippen LogP contribution is -1.91. The largest absolute Gasteiger partial charge is 0.235 e. The Labute approximate surface area is 139 Å². The molecule has 2 aromatic carbocycles. The second-order valence-electron chi connectivity index (χ2n) is 5.05. The van der Waals surface area contributed by atoms with Crippen LogP contribution in [-0.4, -0.2) is 19.8 Å². The van der Waals surface area contributed by atoms with Crippen LogP contribution < -0.4 is 0 Å². The van der Waals surface area contributed by atoms with Gasteiger partial charge >= 0.3 is 0 Å². The topological polar surface area (TPSA) is 43.1 Å². The molecule has 118 valence electrons. The van der Waals surface area contributed by atoms with Crippen molar-refractivity contribution in [2.45, 2.75) is 0 Å². The smallest absolute Gasteiger partial charge is 0.207 e. The highest BCUT2D eigenvalue weighted by atomic mass is 32.1. The molecule has 0 saturated carbocycles. The van der Waals surface area contributed by atoms with E-state index in [1.54, 1.807) is 28.8 Å². The first-order valence-corrected chi connectivity index (χ1v) is 7.92. The SMILES string of the molecule is Fc1ccc(C=Cc2nn3c(-c4cccc(F)c4)nnc3s2)cc1. The Morgan fingerprint density at radius 1 is 0.917 bits per heavy atom. The van der Waals surface area contributed by atoms with Crippen LogP contribution in [0.5, 0.6) is 0 Å². The summed E-state index contributed by atoms with van der Waals surface area (Å²) < 4.78 is 27.9. The molecule has 4 aromatic rings. The van der Waals surface area contributed by atoms with Gasteiger partial charge in [0.15, 0.2) is 5.82 Å². The fourth-order valence-electron chi connectivity index (χ4n) is 2.25. The number of fused-ring (bicyclic) bond motifs is 1. The average Bonchev–Trinajstić information content (AvgIpc) is 3.14. The molecule has 0 fully saturated rings. The number of nitrogens with zero attached hydrogens (tertiary/aromatic N) is 4. The number of benzene rings is 2. The van der Waals surface area contributed by atoms with E-state index in [4.69, 9.17) is 0 Å². The molecule has 4 rings (SSSR count). The highest BCUT2D eigenvalue weighted by Gasteiger charge is 2.12. The molecule has 0 unspecified atom stereocenters. The van der Waals surface area contributed by atoms with Crippen LogP contribution in [0.3, 0.4) is 0 Å². The van der Waals surface area contributed by atoms with Crippen LogP contribution in [0.25, 0.3) is 28.5 Å². The van der Waals surface area contributed by atoms with Gasteiger partial charge in [-0.05, 0) is 35.9 Å². The number of aromatic nitrogens is 4. The van der Waals surface area contributed by atoms with Gasteiger partial charge in [0.1, 0.15) is 16.6 Å². The zero-order valence-corrected chi connectivity index (χ0v) is 13.0. The lowest BCUT2D eigenvalue weighted by atomic mass is 10.2. The van der Waals surface area contributed by atoms with Crippen molar-refractivity contribution in [3.05, 3.63) is 70.7 Å². The van der Waals surface area contributed by atoms with Crippen LogP contribution in [0.1, 0.15) is 10.6 Å². The Morgan fingerprint density at radius 3 is 2.54 bits per heavy atom. The van der Waals surface area contributed by atoms with Crippen molar-refractivity contribution in [3.63, 3.8) is 0 Å². The maximum absolute atomic E-state index is 13.4. The molecular formula is C17H10F2N4S. The van der Waals surface area contributed by atoms with Crippen LogP contribution in [0, 0.1) is 11.6 Å². The van der Waals surface area contributed by atoms with Crippen LogP contribution in [0.15, 0.2) is 48.5 Å². The summed E-state index contributed by atoms with van der Waals surface area (Å²) in [5.74, 6) is -0.122. The molecule has 0 amide bonds. The van der Waals surface area contributed by atoms with E-state index in [1.165, 1.54) is 35.6 Å². The highest BCUT2D eigenvalue weighted by molar-refractivity contribution is 7.17. The first-order chi connectivity index (χ1) is 11.7. The van der Waals surface area contributed by atoms with Gasteiger partial charge < -0.3 is 0 Å². The van der Waals surface area contributed by atoms with Gasteiger partial charge in [-0.25, -0.2) is 8.78 Å². The molecule has 7 heteroatoms. The van der Waals surface area contributed by atoms with Gasteiger partial charge in [-0.2, -0.15) is 9.61 Å². The number of hydrogen-bond acceptors (Lipinski definition) is 4. The van der Waals surface area contributed by atoms with Gasteiger partial charge in [0.05, 0.1) is 0 Å². The lowest BCUT2D eigenvalue weighted by molar-refractivity contribution is 0.627. The summed E-state index contributed by atoms with van der Waals surface area (Å²) in [6.45, 7) is 0. The second-order valence-corrected chi connectivity index (χ2v) is 6.04. The second kappa shape index (κ2) is 5.93. The summed E-state index contributed by atoms with van der Waals surface area (Å²) in [4.78, 5) is 0.619. The Morgan fingerprint density at radius 2 is 1.75 bits per heavy atom. The number of rotatable bonds is 3. The molecule has 0 spiro atoms. The fraction of sp³-hybridized carbons (Fsp3) is 0. The van der Waals surface area contributed by atoms with Crippen molar-refractivity contribution >= 4 is 28.4 Å². The Kier molecular flexibility index (Phi) is 3.62. The predicted octanol–water partition coefficient (Wildman–Crippen LogP) is 4.30. The summed E-state index contributed by atoms with van der Waals surface area (Å²) in [6.07, 6.45) is 3.66. The van der Waals surface area contributed by atoms with Crippen LogP contribution in [-0.2, 0) is 0 Å². The van der Waals surface area contributed by atoms with Crippen molar-refractivity contribution in [1.82, 2.24) is 19.8 Å². The first kappa shape index (κ1) is 14.6. The van der Waals surface area contributed by atoms with Gasteiger partial charge in [-0.15, -0.1) is 10.2 Å². The quantitative estimate of drug-likeness (QED) is 0.558. The van der Waals surface area contributed by atoms with E-state index in [0.29, 0.717) is 16.3 Å². The summed E-state index contributed by atoms with van der Waals surface area (Å²) in [6, 6.07) is 12.3. The summed E-state index contributed by atoms with van der Waals surface area (Å²) in [5, 5.41) is 13.3. The summed E-state index contributed by atoms with van der Waals surface area (Å²) in [7, 11) is 0. The zero-order chi connectivity index (χ0) is 16.5. The Hall–Kier alpha value is -2.93. The van der Waals surface area contributed by atoms with Crippen LogP contribution >= 0.6 is 11.3 Å². The third-order valence-corrected chi connectivity index (χ3v) is 4.24. The Balaban J connectivity index is 1.68. The monoisotopic (exact) mass is 340 g/mol. The first-order valence-electron chi connectivity index (χ1n) is 7.11. The molecular weight excluding hydrogens is 330 g/mol. The summed E-state index contributed by atoms with van der Waals surface area (Å²) >= 11 is 1.36. The van der Waals surface area contributed by atoms with E-state index < -0.39 is 0 Å². The lowest BCUT2D eigenvalue weighted by Gasteiger charge is -1.96. The van der Waals surface area contributed by atoms with Gasteiger partial charge in [0, 0.05) is 5.56 Å². The minimum atomic E-state index is -0.337. The average molecular weight is 340 g/mol. The number of halogens is 2. The zero-order valence-electron chi connectivity index (χ0n) is 12.2. The van der Waals surface area contributed by atoms with E-state index >= 15 is 0 Å². The molecule has 2 aromatic heterocycles. The van der Waals surface area contributed by atoms with E-state index in [9.17, 15) is 8.78 Å². The minimum absolute atomic E-state index is 0.273. The molecule has 0 aliphatic heterocycles. The van der Waals surface area contributed by atoms with Gasteiger partial charge in [0.25, 0.3) is 0 Å². The normalized spacial score (nSPS) is 11.6. The molecule has 0 aliphatic carbocycles. The van der Waals surface area contributed by atoms with E-state index in [1.807, 2.05) is 12.2 Å². The molecule has 0 radical (unpaired) electrons. The van der Waals surface area contributed by atoms with Crippen molar-refractivity contribution in [2.24, 2.45) is 0 Å². The van der Waals surface area contributed by atoms with Crippen molar-refractivity contribution in [2.75, 3.05) is 0 Å². The molecule has 24 heavy (non-hydrogen) atoms. The third-order valence-electron chi connectivity index (χ3n) is 3.38. The van der Waals surface area contributed by atoms with Crippen molar-refractivity contribution in [3.8, 4) is 11.4 Å². The highest BCUT2D eigenvalue weighted by Crippen LogP contribution is 2.23. The third kappa shape index (κ3) is 2.81. The van der Waals surface area contributed by atoms with Gasteiger partial charge in [-0.3, -0.25) is 0 Å². The maximum atomic E-state index is 13.4. The molecule has 0 saturated heterocycles. The van der Waals surface area contributed by atoms with Crippen LogP contribution in [0.2, 0.25) is 0 Å². The molecule has 0 atom stereocenters. The van der Waals surface area contributed by atoms with E-state index in [2.05, 4.69) is 15.3 Å². The standard InChI is InChI=1S/C17H10F2N4S/c18-13-7-4-11(5-8-13)6-9-15-22-23-16(20-21-17(23)24-15)12-2-1-3-14(19)10-12/h1-10H. The maximum Gasteiger partial charge on any atom is 0.235 e. The Bertz CT molecular complexity index is 1030. The molecule has 4 nitrogen and oxygen atoms in total. The molecule has 0 N–H and O–H groups in total. The predicted molar refractivity (Wildman–Crippen MR) is 89.4 cm³/mol.